The zero-order valence-electron chi connectivity index (χ0n) is 8.33. The summed E-state index contributed by atoms with van der Waals surface area (Å²) in [6, 6.07) is 0.862. The number of fused-ring (bicyclic) bond motifs is 1. The van der Waals surface area contributed by atoms with Gasteiger partial charge in [-0.3, -0.25) is 0 Å². The summed E-state index contributed by atoms with van der Waals surface area (Å²) in [5, 5.41) is 3.61. The maximum absolute atomic E-state index is 5.47. The molecule has 0 aromatic carbocycles. The smallest absolute Gasteiger partial charge is 0.0497 e. The standard InChI is InChI=1S/C11H19NO/c1-7(8-2-3-13-6-8)11-9-4-10(11)12-5-9/h7-12H,2-6H2,1H3. The van der Waals surface area contributed by atoms with E-state index >= 15 is 0 Å². The second-order valence-corrected chi connectivity index (χ2v) is 5.07. The molecule has 3 heterocycles. The molecule has 0 amide bonds. The van der Waals surface area contributed by atoms with Gasteiger partial charge >= 0.3 is 0 Å². The predicted molar refractivity (Wildman–Crippen MR) is 51.5 cm³/mol. The third-order valence-electron chi connectivity index (χ3n) is 4.52. The fraction of sp³-hybridized carbons (Fsp3) is 1.00. The van der Waals surface area contributed by atoms with E-state index < -0.39 is 0 Å². The SMILES string of the molecule is CC(C1CCOC1)C1C2CNC1C2. The van der Waals surface area contributed by atoms with Gasteiger partial charge in [-0.25, -0.2) is 0 Å². The first-order valence-electron chi connectivity index (χ1n) is 5.67. The molecule has 0 radical (unpaired) electrons. The fourth-order valence-electron chi connectivity index (χ4n) is 3.59. The van der Waals surface area contributed by atoms with Crippen molar-refractivity contribution in [3.63, 3.8) is 0 Å². The Morgan fingerprint density at radius 3 is 2.92 bits per heavy atom. The summed E-state index contributed by atoms with van der Waals surface area (Å²) in [6.45, 7) is 5.75. The van der Waals surface area contributed by atoms with Crippen LogP contribution in [0.4, 0.5) is 0 Å². The minimum atomic E-state index is 0.857. The molecule has 1 N–H and O–H groups in total. The third-order valence-corrected chi connectivity index (χ3v) is 4.52. The van der Waals surface area contributed by atoms with Crippen molar-refractivity contribution in [1.29, 1.82) is 0 Å². The van der Waals surface area contributed by atoms with E-state index in [4.69, 9.17) is 4.74 Å². The molecule has 2 nitrogen and oxygen atoms in total. The summed E-state index contributed by atoms with van der Waals surface area (Å²) in [5.41, 5.74) is 0. The van der Waals surface area contributed by atoms with Gasteiger partial charge in [0.05, 0.1) is 0 Å². The topological polar surface area (TPSA) is 21.3 Å². The number of hydrogen-bond acceptors (Lipinski definition) is 2. The van der Waals surface area contributed by atoms with Gasteiger partial charge in [-0.15, -0.1) is 0 Å². The summed E-state index contributed by atoms with van der Waals surface area (Å²) in [4.78, 5) is 0. The molecule has 1 saturated carbocycles. The van der Waals surface area contributed by atoms with Crippen molar-refractivity contribution in [3.8, 4) is 0 Å². The summed E-state index contributed by atoms with van der Waals surface area (Å²) in [5.74, 6) is 3.73. The molecule has 3 saturated heterocycles. The van der Waals surface area contributed by atoms with Crippen molar-refractivity contribution < 1.29 is 4.74 Å². The normalized spacial score (nSPS) is 50.5. The van der Waals surface area contributed by atoms with E-state index in [9.17, 15) is 0 Å². The molecule has 3 aliphatic heterocycles. The van der Waals surface area contributed by atoms with E-state index in [1.165, 1.54) is 19.4 Å². The molecule has 0 spiro atoms. The van der Waals surface area contributed by atoms with Gasteiger partial charge in [0, 0.05) is 19.3 Å². The first kappa shape index (κ1) is 8.25. The Bertz CT molecular complexity index is 186. The van der Waals surface area contributed by atoms with Crippen LogP contribution in [0.2, 0.25) is 0 Å². The molecule has 2 heteroatoms. The Hall–Kier alpha value is -0.0800. The second kappa shape index (κ2) is 2.96. The Morgan fingerprint density at radius 2 is 2.38 bits per heavy atom. The number of nitrogens with one attached hydrogen (secondary N) is 1. The number of hydrogen-bond donors (Lipinski definition) is 1. The zero-order valence-corrected chi connectivity index (χ0v) is 8.33. The van der Waals surface area contributed by atoms with Gasteiger partial charge in [-0.05, 0) is 43.1 Å². The first-order valence-corrected chi connectivity index (χ1v) is 5.67. The van der Waals surface area contributed by atoms with Crippen LogP contribution >= 0.6 is 0 Å². The molecule has 0 aromatic heterocycles. The summed E-state index contributed by atoms with van der Waals surface area (Å²) in [6.07, 6.45) is 2.75. The monoisotopic (exact) mass is 181 g/mol. The van der Waals surface area contributed by atoms with Crippen LogP contribution < -0.4 is 5.32 Å². The van der Waals surface area contributed by atoms with Gasteiger partial charge in [0.15, 0.2) is 0 Å². The van der Waals surface area contributed by atoms with E-state index in [1.807, 2.05) is 0 Å². The van der Waals surface area contributed by atoms with Crippen LogP contribution in [0.25, 0.3) is 0 Å². The van der Waals surface area contributed by atoms with Crippen molar-refractivity contribution in [3.05, 3.63) is 0 Å². The lowest BCUT2D eigenvalue weighted by Crippen LogP contribution is -2.43. The summed E-state index contributed by atoms with van der Waals surface area (Å²) < 4.78 is 5.47. The van der Waals surface area contributed by atoms with E-state index in [-0.39, 0.29) is 0 Å². The van der Waals surface area contributed by atoms with Gasteiger partial charge in [0.25, 0.3) is 0 Å². The minimum Gasteiger partial charge on any atom is -0.381 e. The van der Waals surface area contributed by atoms with E-state index in [2.05, 4.69) is 12.2 Å². The highest BCUT2D eigenvalue weighted by molar-refractivity contribution is 5.04. The van der Waals surface area contributed by atoms with Crippen molar-refractivity contribution in [2.45, 2.75) is 25.8 Å². The molecule has 13 heavy (non-hydrogen) atoms. The lowest BCUT2D eigenvalue weighted by Gasteiger charge is -2.41. The van der Waals surface area contributed by atoms with Crippen LogP contribution in [0.1, 0.15) is 19.8 Å². The number of rotatable bonds is 2. The molecule has 2 bridgehead atoms. The van der Waals surface area contributed by atoms with Crippen LogP contribution in [0.3, 0.4) is 0 Å². The van der Waals surface area contributed by atoms with Crippen molar-refractivity contribution in [2.24, 2.45) is 23.7 Å². The zero-order chi connectivity index (χ0) is 8.84. The highest BCUT2D eigenvalue weighted by Crippen LogP contribution is 2.47. The van der Waals surface area contributed by atoms with E-state index in [0.29, 0.717) is 0 Å². The van der Waals surface area contributed by atoms with Crippen LogP contribution in [0.15, 0.2) is 0 Å². The summed E-state index contributed by atoms with van der Waals surface area (Å²) in [7, 11) is 0. The quantitative estimate of drug-likeness (QED) is 0.692. The largest absolute Gasteiger partial charge is 0.381 e. The van der Waals surface area contributed by atoms with Crippen LogP contribution in [-0.2, 0) is 4.74 Å². The van der Waals surface area contributed by atoms with Crippen LogP contribution in [0.5, 0.6) is 0 Å². The van der Waals surface area contributed by atoms with E-state index in [1.54, 1.807) is 0 Å². The maximum Gasteiger partial charge on any atom is 0.0497 e. The summed E-state index contributed by atoms with van der Waals surface area (Å²) >= 11 is 0. The highest BCUT2D eigenvalue weighted by atomic mass is 16.5. The lowest BCUT2D eigenvalue weighted by molar-refractivity contribution is 0.0896. The Morgan fingerprint density at radius 1 is 1.46 bits per heavy atom. The molecule has 4 fully saturated rings. The Labute approximate surface area is 80.0 Å². The van der Waals surface area contributed by atoms with Gasteiger partial charge < -0.3 is 10.1 Å². The van der Waals surface area contributed by atoms with Gasteiger partial charge in [-0.2, -0.15) is 0 Å². The predicted octanol–water partition coefficient (Wildman–Crippen LogP) is 1.27. The highest BCUT2D eigenvalue weighted by Gasteiger charge is 2.50. The van der Waals surface area contributed by atoms with Crippen molar-refractivity contribution in [1.82, 2.24) is 5.32 Å². The number of ether oxygens (including phenoxy) is 1. The van der Waals surface area contributed by atoms with Crippen LogP contribution in [-0.4, -0.2) is 25.8 Å². The van der Waals surface area contributed by atoms with E-state index in [0.717, 1.165) is 42.9 Å². The van der Waals surface area contributed by atoms with Crippen LogP contribution in [0, 0.1) is 23.7 Å². The molecule has 5 atom stereocenters. The molecule has 0 aromatic rings. The second-order valence-electron chi connectivity index (χ2n) is 5.07. The maximum atomic E-state index is 5.47. The van der Waals surface area contributed by atoms with Crippen molar-refractivity contribution in [2.75, 3.05) is 19.8 Å². The Kier molecular flexibility index (Phi) is 1.88. The molecule has 4 aliphatic rings. The first-order chi connectivity index (χ1) is 6.36. The minimum absolute atomic E-state index is 0.857. The van der Waals surface area contributed by atoms with Gasteiger partial charge in [0.1, 0.15) is 0 Å². The van der Waals surface area contributed by atoms with Crippen molar-refractivity contribution >= 4 is 0 Å². The molecule has 1 aliphatic carbocycles. The average Bonchev–Trinajstić information content (AvgIpc) is 2.82. The molecule has 4 rings (SSSR count). The Balaban J connectivity index is 1.65. The molecular weight excluding hydrogens is 162 g/mol. The van der Waals surface area contributed by atoms with Gasteiger partial charge in [-0.1, -0.05) is 6.92 Å². The molecule has 74 valence electrons. The van der Waals surface area contributed by atoms with Gasteiger partial charge in [0.2, 0.25) is 0 Å². The molecule has 5 unspecified atom stereocenters. The fourth-order valence-corrected chi connectivity index (χ4v) is 3.59. The molecular formula is C11H19NO. The average molecular weight is 181 g/mol. The third kappa shape index (κ3) is 1.15. The lowest BCUT2D eigenvalue weighted by atomic mass is 9.64.